The monoisotopic (exact) mass is 469 g/mol. The van der Waals surface area contributed by atoms with E-state index in [1.165, 1.54) is 23.7 Å². The van der Waals surface area contributed by atoms with Crippen LogP contribution in [0.2, 0.25) is 0 Å². The molecule has 0 saturated carbocycles. The zero-order valence-corrected chi connectivity index (χ0v) is 19.0. The number of anilines is 2. The molecular weight excluding hydrogens is 450 g/mol. The average molecular weight is 469 g/mol. The SMILES string of the molecule is C/C=C\C1=C(C)C(=O)c2c(Nc3cc(C(=O)O)cc(C(=O)O)c3)ccc3c2c1c(C#N)c(=O)n3C. The Bertz CT molecular complexity index is 1620. The molecule has 0 unspecified atom stereocenters. The molecule has 9 nitrogen and oxygen atoms in total. The van der Waals surface area contributed by atoms with Gasteiger partial charge < -0.3 is 20.1 Å². The van der Waals surface area contributed by atoms with Crippen molar-refractivity contribution in [2.75, 3.05) is 5.32 Å². The average Bonchev–Trinajstić information content (AvgIpc) is 2.82. The number of allylic oxidation sites excluding steroid dienone is 4. The molecular formula is C26H19N3O6. The van der Waals surface area contributed by atoms with Crippen molar-refractivity contribution >= 4 is 45.6 Å². The predicted molar refractivity (Wildman–Crippen MR) is 129 cm³/mol. The van der Waals surface area contributed by atoms with Crippen molar-refractivity contribution in [3.05, 3.63) is 86.2 Å². The molecule has 0 saturated heterocycles. The maximum atomic E-state index is 13.6. The summed E-state index contributed by atoms with van der Waals surface area (Å²) in [5, 5.41) is 32.0. The number of nitrogens with one attached hydrogen (secondary N) is 1. The number of carboxylic acid groups (broad SMARTS) is 2. The number of aromatic nitrogens is 1. The van der Waals surface area contributed by atoms with Crippen molar-refractivity contribution in [3.8, 4) is 6.07 Å². The third kappa shape index (κ3) is 3.57. The van der Waals surface area contributed by atoms with Crippen molar-refractivity contribution in [3.63, 3.8) is 0 Å². The van der Waals surface area contributed by atoms with Crippen LogP contribution in [0.3, 0.4) is 0 Å². The Balaban J connectivity index is 2.08. The molecule has 0 aliphatic heterocycles. The van der Waals surface area contributed by atoms with Crippen LogP contribution in [0.15, 0.2) is 52.9 Å². The number of carbonyl (C=O) groups excluding carboxylic acids is 1. The first-order valence-electron chi connectivity index (χ1n) is 10.5. The van der Waals surface area contributed by atoms with Crippen molar-refractivity contribution in [2.45, 2.75) is 13.8 Å². The van der Waals surface area contributed by atoms with Gasteiger partial charge in [-0.2, -0.15) is 5.26 Å². The van der Waals surface area contributed by atoms with Gasteiger partial charge in [-0.25, -0.2) is 9.59 Å². The fraction of sp³-hybridized carbons (Fsp3) is 0.115. The molecule has 0 radical (unpaired) electrons. The first-order valence-corrected chi connectivity index (χ1v) is 10.5. The molecule has 174 valence electrons. The van der Waals surface area contributed by atoms with Gasteiger partial charge in [0.05, 0.1) is 27.9 Å². The predicted octanol–water partition coefficient (Wildman–Crippen LogP) is 4.10. The molecule has 0 amide bonds. The summed E-state index contributed by atoms with van der Waals surface area (Å²) < 4.78 is 1.31. The summed E-state index contributed by atoms with van der Waals surface area (Å²) in [6.45, 7) is 3.37. The lowest BCUT2D eigenvalue weighted by atomic mass is 9.81. The van der Waals surface area contributed by atoms with Crippen LogP contribution in [0.1, 0.15) is 56.0 Å². The van der Waals surface area contributed by atoms with E-state index in [-0.39, 0.29) is 39.4 Å². The highest BCUT2D eigenvalue weighted by atomic mass is 16.4. The van der Waals surface area contributed by atoms with Crippen LogP contribution in [0.25, 0.3) is 16.5 Å². The molecule has 1 aliphatic carbocycles. The molecule has 0 bridgehead atoms. The molecule has 35 heavy (non-hydrogen) atoms. The van der Waals surface area contributed by atoms with Gasteiger partial charge in [0.2, 0.25) is 0 Å². The zero-order valence-electron chi connectivity index (χ0n) is 19.0. The second kappa shape index (κ2) is 8.43. The molecule has 3 aromatic rings. The lowest BCUT2D eigenvalue weighted by molar-refractivity contribution is 0.0696. The van der Waals surface area contributed by atoms with Crippen molar-refractivity contribution < 1.29 is 24.6 Å². The Kier molecular flexibility index (Phi) is 5.58. The minimum atomic E-state index is -1.31. The van der Waals surface area contributed by atoms with E-state index in [0.29, 0.717) is 27.6 Å². The Labute approximate surface area is 198 Å². The highest BCUT2D eigenvalue weighted by molar-refractivity contribution is 6.28. The van der Waals surface area contributed by atoms with E-state index in [4.69, 9.17) is 0 Å². The largest absolute Gasteiger partial charge is 0.478 e. The number of carbonyl (C=O) groups is 3. The maximum Gasteiger partial charge on any atom is 0.335 e. The van der Waals surface area contributed by atoms with Gasteiger partial charge in [0.1, 0.15) is 11.6 Å². The molecule has 1 aliphatic rings. The number of Topliss-reactive ketones (excluding diaryl/α,β-unsaturated/α-hetero) is 1. The number of rotatable bonds is 5. The zero-order chi connectivity index (χ0) is 25.6. The Morgan fingerprint density at radius 2 is 1.69 bits per heavy atom. The van der Waals surface area contributed by atoms with Gasteiger partial charge in [0, 0.05) is 29.3 Å². The molecule has 1 aromatic heterocycles. The van der Waals surface area contributed by atoms with Crippen LogP contribution in [0, 0.1) is 11.3 Å². The summed E-state index contributed by atoms with van der Waals surface area (Å²) >= 11 is 0. The summed E-state index contributed by atoms with van der Waals surface area (Å²) in [6.07, 6.45) is 3.40. The van der Waals surface area contributed by atoms with Gasteiger partial charge in [0.15, 0.2) is 5.78 Å². The minimum Gasteiger partial charge on any atom is -0.478 e. The molecule has 0 atom stereocenters. The molecule has 1 heterocycles. The van der Waals surface area contributed by atoms with E-state index in [0.717, 1.165) is 6.07 Å². The lowest BCUT2D eigenvalue weighted by Crippen LogP contribution is -2.25. The minimum absolute atomic E-state index is 0.0978. The third-order valence-corrected chi connectivity index (χ3v) is 5.96. The number of hydrogen-bond acceptors (Lipinski definition) is 6. The molecule has 0 fully saturated rings. The first kappa shape index (κ1) is 23.2. The Hall–Kier alpha value is -4.97. The van der Waals surface area contributed by atoms with Crippen LogP contribution in [0.5, 0.6) is 0 Å². The summed E-state index contributed by atoms with van der Waals surface area (Å²) in [4.78, 5) is 49.5. The Morgan fingerprint density at radius 3 is 2.23 bits per heavy atom. The van der Waals surface area contributed by atoms with Crippen LogP contribution in [0.4, 0.5) is 11.4 Å². The van der Waals surface area contributed by atoms with E-state index in [2.05, 4.69) is 5.32 Å². The fourth-order valence-electron chi connectivity index (χ4n) is 4.32. The van der Waals surface area contributed by atoms with E-state index >= 15 is 0 Å². The van der Waals surface area contributed by atoms with Crippen molar-refractivity contribution in [1.82, 2.24) is 4.57 Å². The quantitative estimate of drug-likeness (QED) is 0.506. The van der Waals surface area contributed by atoms with Gasteiger partial charge in [-0.1, -0.05) is 12.2 Å². The molecule has 2 aromatic carbocycles. The van der Waals surface area contributed by atoms with Crippen molar-refractivity contribution in [1.29, 1.82) is 5.26 Å². The van der Waals surface area contributed by atoms with Gasteiger partial charge in [-0.05, 0) is 49.8 Å². The number of carboxylic acids is 2. The molecule has 4 rings (SSSR count). The first-order chi connectivity index (χ1) is 16.6. The van der Waals surface area contributed by atoms with Crippen LogP contribution < -0.4 is 10.9 Å². The number of benzene rings is 2. The topological polar surface area (TPSA) is 149 Å². The summed E-state index contributed by atoms with van der Waals surface area (Å²) in [7, 11) is 1.51. The summed E-state index contributed by atoms with van der Waals surface area (Å²) in [6, 6.07) is 8.71. The van der Waals surface area contributed by atoms with E-state index in [9.17, 15) is 34.7 Å². The van der Waals surface area contributed by atoms with E-state index in [1.807, 2.05) is 6.07 Å². The maximum absolute atomic E-state index is 13.6. The standard InChI is InChI=1S/C26H19N3O6/c1-4-5-16-12(2)23(30)21-18(28-15-9-13(25(32)33)8-14(10-15)26(34)35)6-7-19-22(21)20(16)17(11-27)24(31)29(19)3/h4-10,28H,1-3H3,(H,32,33)(H,34,35)/b5-4-. The summed E-state index contributed by atoms with van der Waals surface area (Å²) in [5.74, 6) is -2.95. The van der Waals surface area contributed by atoms with Gasteiger partial charge in [-0.15, -0.1) is 0 Å². The smallest absolute Gasteiger partial charge is 0.335 e. The van der Waals surface area contributed by atoms with Gasteiger partial charge in [-0.3, -0.25) is 9.59 Å². The normalized spacial score (nSPS) is 12.8. The third-order valence-electron chi connectivity index (χ3n) is 5.96. The molecule has 3 N–H and O–H groups in total. The lowest BCUT2D eigenvalue weighted by Gasteiger charge is -2.24. The molecule has 9 heteroatoms. The Morgan fingerprint density at radius 1 is 1.06 bits per heavy atom. The van der Waals surface area contributed by atoms with E-state index in [1.54, 1.807) is 38.1 Å². The highest BCUT2D eigenvalue weighted by Crippen LogP contribution is 2.41. The number of aryl methyl sites for hydroxylation is 1. The summed E-state index contributed by atoms with van der Waals surface area (Å²) in [5.41, 5.74) is 1.16. The van der Waals surface area contributed by atoms with Crippen LogP contribution in [-0.2, 0) is 7.05 Å². The number of aromatic carboxylic acids is 2. The van der Waals surface area contributed by atoms with Gasteiger partial charge >= 0.3 is 11.9 Å². The number of pyridine rings is 1. The second-order valence-corrected chi connectivity index (χ2v) is 8.01. The second-order valence-electron chi connectivity index (χ2n) is 8.01. The fourth-order valence-corrected chi connectivity index (χ4v) is 4.32. The van der Waals surface area contributed by atoms with Crippen LogP contribution >= 0.6 is 0 Å². The number of ketones is 1. The van der Waals surface area contributed by atoms with Crippen LogP contribution in [-0.4, -0.2) is 32.5 Å². The van der Waals surface area contributed by atoms with E-state index < -0.39 is 17.5 Å². The number of nitrogens with zero attached hydrogens (tertiary/aromatic N) is 2. The number of hydrogen-bond donors (Lipinski definition) is 3. The number of nitriles is 1. The van der Waals surface area contributed by atoms with Crippen molar-refractivity contribution in [2.24, 2.45) is 7.05 Å². The molecule has 0 spiro atoms. The highest BCUT2D eigenvalue weighted by Gasteiger charge is 2.31. The van der Waals surface area contributed by atoms with Gasteiger partial charge in [0.25, 0.3) is 5.56 Å².